The first kappa shape index (κ1) is 12.8. The molecule has 0 unspecified atom stereocenters. The van der Waals surface area contributed by atoms with Crippen LogP contribution in [0.2, 0.25) is 0 Å². The highest BCUT2D eigenvalue weighted by Crippen LogP contribution is 2.25. The van der Waals surface area contributed by atoms with Crippen molar-refractivity contribution in [3.8, 4) is 0 Å². The molecule has 2 aromatic carbocycles. The Morgan fingerprint density at radius 3 is 2.37 bits per heavy atom. The minimum Gasteiger partial charge on any atom is -0.478 e. The van der Waals surface area contributed by atoms with Crippen molar-refractivity contribution in [1.82, 2.24) is 0 Å². The lowest BCUT2D eigenvalue weighted by Crippen LogP contribution is -2.01. The zero-order chi connectivity index (χ0) is 14.0. The number of rotatable bonds is 4. The zero-order valence-corrected chi connectivity index (χ0v) is 10.1. The van der Waals surface area contributed by atoms with E-state index in [1.54, 1.807) is 12.1 Å². The molecule has 19 heavy (non-hydrogen) atoms. The minimum atomic E-state index is -1.04. The van der Waals surface area contributed by atoms with Gasteiger partial charge in [-0.3, -0.25) is 0 Å². The van der Waals surface area contributed by atoms with Crippen molar-refractivity contribution in [1.29, 1.82) is 0 Å². The fraction of sp³-hybridized carbons (Fsp3) is 0.0667. The van der Waals surface area contributed by atoms with Gasteiger partial charge in [-0.15, -0.1) is 6.58 Å². The van der Waals surface area contributed by atoms with Gasteiger partial charge in [0.2, 0.25) is 0 Å². The fourth-order valence-corrected chi connectivity index (χ4v) is 2.06. The number of benzene rings is 2. The molecule has 0 atom stereocenters. The van der Waals surface area contributed by atoms with E-state index in [4.69, 9.17) is 10.2 Å². The van der Waals surface area contributed by atoms with Crippen LogP contribution in [0.3, 0.4) is 0 Å². The Hall–Kier alpha value is -2.62. The van der Waals surface area contributed by atoms with Crippen LogP contribution in [-0.4, -0.2) is 22.2 Å². The molecule has 0 saturated carbocycles. The number of carboxylic acids is 2. The molecular weight excluding hydrogens is 244 g/mol. The number of allylic oxidation sites excluding steroid dienone is 1. The molecular formula is C15H12O4. The standard InChI is InChI=1S/C15H12O4/c1-2-3-9-4-7-12(15(18)19)11-6-5-10(14(16)17)8-13(9)11/h2,4-8H,1,3H2,(H,16,17)(H,18,19). The van der Waals surface area contributed by atoms with Gasteiger partial charge >= 0.3 is 11.9 Å². The fourth-order valence-electron chi connectivity index (χ4n) is 2.06. The third-order valence-corrected chi connectivity index (χ3v) is 2.95. The summed E-state index contributed by atoms with van der Waals surface area (Å²) < 4.78 is 0. The summed E-state index contributed by atoms with van der Waals surface area (Å²) in [4.78, 5) is 22.2. The molecule has 2 rings (SSSR count). The van der Waals surface area contributed by atoms with Crippen molar-refractivity contribution in [2.75, 3.05) is 0 Å². The van der Waals surface area contributed by atoms with Gasteiger partial charge in [0, 0.05) is 0 Å². The van der Waals surface area contributed by atoms with E-state index in [1.165, 1.54) is 24.3 Å². The van der Waals surface area contributed by atoms with Crippen molar-refractivity contribution < 1.29 is 19.8 Å². The molecule has 0 heterocycles. The first-order valence-corrected chi connectivity index (χ1v) is 5.67. The summed E-state index contributed by atoms with van der Waals surface area (Å²) in [6.07, 6.45) is 2.25. The van der Waals surface area contributed by atoms with Gasteiger partial charge in [-0.05, 0) is 41.0 Å². The van der Waals surface area contributed by atoms with E-state index in [2.05, 4.69) is 6.58 Å². The molecule has 0 aromatic heterocycles. The van der Waals surface area contributed by atoms with Gasteiger partial charge in [0.15, 0.2) is 0 Å². The van der Waals surface area contributed by atoms with Crippen LogP contribution in [0.1, 0.15) is 26.3 Å². The second-order valence-corrected chi connectivity index (χ2v) is 4.14. The van der Waals surface area contributed by atoms with Gasteiger partial charge in [0.1, 0.15) is 0 Å². The van der Waals surface area contributed by atoms with E-state index in [9.17, 15) is 9.59 Å². The second-order valence-electron chi connectivity index (χ2n) is 4.14. The smallest absolute Gasteiger partial charge is 0.336 e. The third-order valence-electron chi connectivity index (χ3n) is 2.95. The van der Waals surface area contributed by atoms with Crippen molar-refractivity contribution in [2.45, 2.75) is 6.42 Å². The van der Waals surface area contributed by atoms with Gasteiger partial charge in [0.05, 0.1) is 11.1 Å². The van der Waals surface area contributed by atoms with Crippen LogP contribution in [-0.2, 0) is 6.42 Å². The Balaban J connectivity index is 2.80. The SMILES string of the molecule is C=CCc1ccc(C(=O)O)c2ccc(C(=O)O)cc12. The highest BCUT2D eigenvalue weighted by molar-refractivity contribution is 6.06. The topological polar surface area (TPSA) is 74.6 Å². The van der Waals surface area contributed by atoms with Crippen molar-refractivity contribution in [2.24, 2.45) is 0 Å². The van der Waals surface area contributed by atoms with Crippen LogP contribution >= 0.6 is 0 Å². The van der Waals surface area contributed by atoms with Crippen molar-refractivity contribution in [3.63, 3.8) is 0 Å². The Morgan fingerprint density at radius 1 is 1.05 bits per heavy atom. The van der Waals surface area contributed by atoms with E-state index in [-0.39, 0.29) is 11.1 Å². The summed E-state index contributed by atoms with van der Waals surface area (Å²) >= 11 is 0. The third kappa shape index (κ3) is 2.33. The lowest BCUT2D eigenvalue weighted by atomic mass is 9.96. The molecule has 2 N–H and O–H groups in total. The lowest BCUT2D eigenvalue weighted by molar-refractivity contribution is 0.0688. The quantitative estimate of drug-likeness (QED) is 0.825. The summed E-state index contributed by atoms with van der Waals surface area (Å²) in [6, 6.07) is 7.68. The van der Waals surface area contributed by atoms with Gasteiger partial charge in [-0.1, -0.05) is 18.2 Å². The molecule has 4 heteroatoms. The van der Waals surface area contributed by atoms with Crippen molar-refractivity contribution >= 4 is 22.7 Å². The number of carbonyl (C=O) groups is 2. The number of aromatic carboxylic acids is 2. The molecule has 0 aliphatic carbocycles. The zero-order valence-electron chi connectivity index (χ0n) is 10.1. The largest absolute Gasteiger partial charge is 0.478 e. The summed E-state index contributed by atoms with van der Waals surface area (Å²) in [5, 5.41) is 19.3. The van der Waals surface area contributed by atoms with Gasteiger partial charge in [-0.25, -0.2) is 9.59 Å². The summed E-state index contributed by atoms with van der Waals surface area (Å²) in [5.74, 6) is -2.06. The highest BCUT2D eigenvalue weighted by atomic mass is 16.4. The van der Waals surface area contributed by atoms with E-state index < -0.39 is 11.9 Å². The molecule has 4 nitrogen and oxygen atoms in total. The molecule has 0 amide bonds. The van der Waals surface area contributed by atoms with Crippen LogP contribution in [0.25, 0.3) is 10.8 Å². The maximum absolute atomic E-state index is 11.2. The molecule has 0 bridgehead atoms. The van der Waals surface area contributed by atoms with Gasteiger partial charge < -0.3 is 10.2 Å². The number of fused-ring (bicyclic) bond motifs is 1. The first-order chi connectivity index (χ1) is 9.04. The number of carboxylic acid groups (broad SMARTS) is 2. The Bertz CT molecular complexity index is 686. The lowest BCUT2D eigenvalue weighted by Gasteiger charge is -2.08. The second kappa shape index (κ2) is 4.94. The van der Waals surface area contributed by atoms with Crippen molar-refractivity contribution in [3.05, 3.63) is 59.7 Å². The van der Waals surface area contributed by atoms with E-state index in [1.807, 2.05) is 0 Å². The monoisotopic (exact) mass is 256 g/mol. The number of hydrogen-bond acceptors (Lipinski definition) is 2. The molecule has 0 aliphatic heterocycles. The van der Waals surface area contributed by atoms with Gasteiger partial charge in [0.25, 0.3) is 0 Å². The molecule has 0 saturated heterocycles. The predicted molar refractivity (Wildman–Crippen MR) is 71.8 cm³/mol. The molecule has 0 aliphatic rings. The van der Waals surface area contributed by atoms with Crippen LogP contribution in [0.5, 0.6) is 0 Å². The Labute approximate surface area is 109 Å². The maximum atomic E-state index is 11.2. The molecule has 2 aromatic rings. The van der Waals surface area contributed by atoms with E-state index >= 15 is 0 Å². The van der Waals surface area contributed by atoms with Crippen LogP contribution < -0.4 is 0 Å². The normalized spacial score (nSPS) is 10.3. The predicted octanol–water partition coefficient (Wildman–Crippen LogP) is 2.96. The van der Waals surface area contributed by atoms with Gasteiger partial charge in [-0.2, -0.15) is 0 Å². The summed E-state index contributed by atoms with van der Waals surface area (Å²) in [7, 11) is 0. The van der Waals surface area contributed by atoms with Crippen LogP contribution in [0, 0.1) is 0 Å². The summed E-state index contributed by atoms with van der Waals surface area (Å²) in [5.41, 5.74) is 1.17. The molecule has 0 fully saturated rings. The maximum Gasteiger partial charge on any atom is 0.336 e. The van der Waals surface area contributed by atoms with E-state index in [0.29, 0.717) is 17.2 Å². The first-order valence-electron chi connectivity index (χ1n) is 5.67. The average molecular weight is 256 g/mol. The highest BCUT2D eigenvalue weighted by Gasteiger charge is 2.13. The molecule has 0 spiro atoms. The van der Waals surface area contributed by atoms with Crippen LogP contribution in [0.4, 0.5) is 0 Å². The van der Waals surface area contributed by atoms with E-state index in [0.717, 1.165) is 5.56 Å². The average Bonchev–Trinajstić information content (AvgIpc) is 2.38. The Kier molecular flexibility index (Phi) is 3.33. The number of hydrogen-bond donors (Lipinski definition) is 2. The minimum absolute atomic E-state index is 0.139. The molecule has 0 radical (unpaired) electrons. The van der Waals surface area contributed by atoms with Crippen LogP contribution in [0.15, 0.2) is 43.0 Å². The Morgan fingerprint density at radius 2 is 1.79 bits per heavy atom. The summed E-state index contributed by atoms with van der Waals surface area (Å²) in [6.45, 7) is 3.65. The molecule has 96 valence electrons.